The molecule has 0 fully saturated rings. The number of hydrogen-bond acceptors (Lipinski definition) is 3. The van der Waals surface area contributed by atoms with E-state index in [2.05, 4.69) is 199 Å². The van der Waals surface area contributed by atoms with Crippen molar-refractivity contribution in [2.75, 3.05) is 0 Å². The molecule has 0 radical (unpaired) electrons. The van der Waals surface area contributed by atoms with Crippen LogP contribution in [0.1, 0.15) is 0 Å². The summed E-state index contributed by atoms with van der Waals surface area (Å²) >= 11 is 0. The van der Waals surface area contributed by atoms with Gasteiger partial charge >= 0.3 is 0 Å². The molecular formula is C59H38N4. The molecule has 0 bridgehead atoms. The topological polar surface area (TPSA) is 43.6 Å². The van der Waals surface area contributed by atoms with Gasteiger partial charge in [0, 0.05) is 44.1 Å². The highest BCUT2D eigenvalue weighted by Gasteiger charge is 2.22. The third-order valence-corrected chi connectivity index (χ3v) is 12.2. The van der Waals surface area contributed by atoms with E-state index in [9.17, 15) is 0 Å². The molecule has 0 aliphatic rings. The third-order valence-electron chi connectivity index (χ3n) is 12.2. The largest absolute Gasteiger partial charge is 0.308 e. The maximum absolute atomic E-state index is 5.47. The van der Waals surface area contributed by atoms with Crippen LogP contribution in [-0.2, 0) is 0 Å². The van der Waals surface area contributed by atoms with Gasteiger partial charge in [0.15, 0.2) is 5.82 Å². The highest BCUT2D eigenvalue weighted by molar-refractivity contribution is 6.27. The molecule has 0 amide bonds. The average molecular weight is 803 g/mol. The third kappa shape index (κ3) is 6.44. The lowest BCUT2D eigenvalue weighted by Crippen LogP contribution is -1.96. The molecule has 0 saturated carbocycles. The Morgan fingerprint density at radius 1 is 0.317 bits per heavy atom. The Morgan fingerprint density at radius 2 is 0.794 bits per heavy atom. The molecule has 4 nitrogen and oxygen atoms in total. The van der Waals surface area contributed by atoms with Gasteiger partial charge in [-0.2, -0.15) is 0 Å². The summed E-state index contributed by atoms with van der Waals surface area (Å²) in [6, 6.07) is 81.4. The fourth-order valence-corrected chi connectivity index (χ4v) is 9.13. The van der Waals surface area contributed by atoms with Crippen LogP contribution < -0.4 is 0 Å². The fraction of sp³-hybridized carbons (Fsp3) is 0. The molecule has 0 N–H and O–H groups in total. The van der Waals surface area contributed by atoms with E-state index < -0.39 is 0 Å². The smallest absolute Gasteiger partial charge is 0.160 e. The van der Waals surface area contributed by atoms with Gasteiger partial charge in [0.1, 0.15) is 0 Å². The second-order valence-electron chi connectivity index (χ2n) is 16.0. The van der Waals surface area contributed by atoms with Crippen LogP contribution >= 0.6 is 0 Å². The Hall–Kier alpha value is -8.47. The van der Waals surface area contributed by atoms with E-state index in [1.165, 1.54) is 27.1 Å². The van der Waals surface area contributed by atoms with Crippen molar-refractivity contribution in [3.8, 4) is 73.1 Å². The molecule has 0 unspecified atom stereocenters. The zero-order valence-corrected chi connectivity index (χ0v) is 34.2. The van der Waals surface area contributed by atoms with Crippen LogP contribution in [0.3, 0.4) is 0 Å². The summed E-state index contributed by atoms with van der Waals surface area (Å²) in [6.45, 7) is 0. The molecular weight excluding hydrogens is 765 g/mol. The molecule has 294 valence electrons. The number of nitrogens with zero attached hydrogens (tertiary/aromatic N) is 4. The number of fused-ring (bicyclic) bond motifs is 7. The number of aromatic nitrogens is 4. The van der Waals surface area contributed by atoms with Gasteiger partial charge in [-0.05, 0) is 63.4 Å². The van der Waals surface area contributed by atoms with E-state index in [1.54, 1.807) is 0 Å². The minimum absolute atomic E-state index is 0.704. The van der Waals surface area contributed by atoms with Gasteiger partial charge in [0.05, 0.1) is 33.6 Å². The van der Waals surface area contributed by atoms with Crippen LogP contribution in [0.2, 0.25) is 0 Å². The van der Waals surface area contributed by atoms with Crippen molar-refractivity contribution < 1.29 is 0 Å². The number of rotatable bonds is 7. The van der Waals surface area contributed by atoms with Crippen molar-refractivity contribution in [3.05, 3.63) is 231 Å². The average Bonchev–Trinajstić information content (AvgIpc) is 3.72. The van der Waals surface area contributed by atoms with Gasteiger partial charge in [-0.3, -0.25) is 0 Å². The van der Waals surface area contributed by atoms with E-state index in [0.717, 1.165) is 83.7 Å². The summed E-state index contributed by atoms with van der Waals surface area (Å²) in [7, 11) is 0. The summed E-state index contributed by atoms with van der Waals surface area (Å²) in [5, 5.41) is 5.92. The Balaban J connectivity index is 0.889. The molecule has 3 aromatic heterocycles. The van der Waals surface area contributed by atoms with Crippen molar-refractivity contribution in [2.24, 2.45) is 0 Å². The Bertz CT molecular complexity index is 3560. The van der Waals surface area contributed by atoms with Gasteiger partial charge in [0.25, 0.3) is 0 Å². The molecule has 9 aromatic carbocycles. The minimum atomic E-state index is 0.704. The van der Waals surface area contributed by atoms with Crippen LogP contribution in [0.5, 0.6) is 0 Å². The minimum Gasteiger partial charge on any atom is -0.308 e. The number of benzene rings is 9. The quantitative estimate of drug-likeness (QED) is 0.151. The van der Waals surface area contributed by atoms with Crippen molar-refractivity contribution >= 4 is 43.5 Å². The van der Waals surface area contributed by atoms with Crippen LogP contribution in [0.4, 0.5) is 0 Å². The normalized spacial score (nSPS) is 11.5. The number of para-hydroxylation sites is 2. The van der Waals surface area contributed by atoms with Crippen molar-refractivity contribution in [3.63, 3.8) is 0 Å². The first-order valence-corrected chi connectivity index (χ1v) is 21.4. The molecule has 0 saturated heterocycles. The second-order valence-corrected chi connectivity index (χ2v) is 16.0. The highest BCUT2D eigenvalue weighted by Crippen LogP contribution is 2.43. The molecule has 0 atom stereocenters. The molecule has 4 heteroatoms. The molecule has 63 heavy (non-hydrogen) atoms. The molecule has 0 aliphatic heterocycles. The van der Waals surface area contributed by atoms with Crippen LogP contribution in [0.25, 0.3) is 117 Å². The first kappa shape index (κ1) is 36.4. The van der Waals surface area contributed by atoms with Crippen molar-refractivity contribution in [1.82, 2.24) is 19.5 Å². The standard InChI is InChI=1S/C59H38N4/c1-4-15-44(16-5-1)52-38-53(45-17-6-2-7-18-45)62-59(61-52)47-34-30-42(31-35-47)40-26-24-39(25-27-40)41-28-32-46(33-29-41)57-56-50-22-12-13-23-54(50)63(48-19-8-3-9-20-48)58(56)55-49-21-11-10-14-43(49)36-37-51(55)60-57/h1-38H. The van der Waals surface area contributed by atoms with Crippen LogP contribution in [-0.4, -0.2) is 19.5 Å². The second kappa shape index (κ2) is 15.2. The van der Waals surface area contributed by atoms with Gasteiger partial charge in [-0.1, -0.05) is 200 Å². The summed E-state index contributed by atoms with van der Waals surface area (Å²) in [6.07, 6.45) is 0. The fourth-order valence-electron chi connectivity index (χ4n) is 9.13. The summed E-state index contributed by atoms with van der Waals surface area (Å²) in [5.74, 6) is 0.704. The lowest BCUT2D eigenvalue weighted by atomic mass is 9.96. The molecule has 12 rings (SSSR count). The predicted octanol–water partition coefficient (Wildman–Crippen LogP) is 15.3. The van der Waals surface area contributed by atoms with Gasteiger partial charge in [-0.15, -0.1) is 0 Å². The van der Waals surface area contributed by atoms with Gasteiger partial charge < -0.3 is 4.57 Å². The van der Waals surface area contributed by atoms with Crippen molar-refractivity contribution in [1.29, 1.82) is 0 Å². The van der Waals surface area contributed by atoms with E-state index in [0.29, 0.717) is 5.82 Å². The van der Waals surface area contributed by atoms with Crippen LogP contribution in [0.15, 0.2) is 231 Å². The lowest BCUT2D eigenvalue weighted by molar-refractivity contribution is 1.18. The Morgan fingerprint density at radius 3 is 1.38 bits per heavy atom. The molecule has 12 aromatic rings. The van der Waals surface area contributed by atoms with E-state index >= 15 is 0 Å². The van der Waals surface area contributed by atoms with E-state index in [-0.39, 0.29) is 0 Å². The lowest BCUT2D eigenvalue weighted by Gasteiger charge is -2.14. The summed E-state index contributed by atoms with van der Waals surface area (Å²) in [4.78, 5) is 15.5. The van der Waals surface area contributed by atoms with E-state index in [1.807, 2.05) is 36.4 Å². The number of hydrogen-bond donors (Lipinski definition) is 0. The predicted molar refractivity (Wildman–Crippen MR) is 262 cm³/mol. The number of pyridine rings is 1. The molecule has 0 spiro atoms. The van der Waals surface area contributed by atoms with Gasteiger partial charge in [-0.25, -0.2) is 15.0 Å². The maximum atomic E-state index is 5.47. The Labute approximate surface area is 365 Å². The van der Waals surface area contributed by atoms with Crippen LogP contribution in [0, 0.1) is 0 Å². The van der Waals surface area contributed by atoms with E-state index in [4.69, 9.17) is 15.0 Å². The zero-order chi connectivity index (χ0) is 41.7. The molecule has 3 heterocycles. The summed E-state index contributed by atoms with van der Waals surface area (Å²) in [5.41, 5.74) is 16.0. The Kier molecular flexibility index (Phi) is 8.79. The summed E-state index contributed by atoms with van der Waals surface area (Å²) < 4.78 is 2.42. The zero-order valence-electron chi connectivity index (χ0n) is 34.2. The SMILES string of the molecule is c1ccc(-c2cc(-c3ccccc3)nc(-c3ccc(-c4ccc(-c5ccc(-c6nc7ccc8ccccc8c7c7c6c6ccccc6n7-c6ccccc6)cc5)cc4)cc3)n2)cc1. The maximum Gasteiger partial charge on any atom is 0.160 e. The monoisotopic (exact) mass is 802 g/mol. The van der Waals surface area contributed by atoms with Gasteiger partial charge in [0.2, 0.25) is 0 Å². The first-order valence-electron chi connectivity index (χ1n) is 21.4. The van der Waals surface area contributed by atoms with Crippen molar-refractivity contribution in [2.45, 2.75) is 0 Å². The first-order chi connectivity index (χ1) is 31.2. The highest BCUT2D eigenvalue weighted by atomic mass is 15.0. The molecule has 0 aliphatic carbocycles.